The molecule has 0 unspecified atom stereocenters. The molecule has 1 heterocycles. The molecule has 2 aromatic rings. The third-order valence-corrected chi connectivity index (χ3v) is 3.65. The fraction of sp³-hybridized carbons (Fsp3) is 0.182. The molecule has 1 aromatic heterocycles. The average Bonchev–Trinajstić information content (AvgIpc) is 2.65. The number of halogens is 2. The Kier molecular flexibility index (Phi) is 3.78. The second kappa shape index (κ2) is 5.10. The molecule has 4 heteroatoms. The fourth-order valence-electron chi connectivity index (χ4n) is 1.31. The Labute approximate surface area is 106 Å². The van der Waals surface area contributed by atoms with Gasteiger partial charge in [-0.2, -0.15) is 0 Å². The predicted octanol–water partition coefficient (Wildman–Crippen LogP) is 4.24. The number of aromatic nitrogens is 1. The molecule has 0 atom stereocenters. The third kappa shape index (κ3) is 3.03. The molecule has 15 heavy (non-hydrogen) atoms. The summed E-state index contributed by atoms with van der Waals surface area (Å²) in [5.74, 6) is 0.495. The molecule has 0 N–H and O–H groups in total. The first kappa shape index (κ1) is 11.1. The first-order valence-electron chi connectivity index (χ1n) is 4.51. The number of hydrogen-bond donors (Lipinski definition) is 0. The first-order valence-corrected chi connectivity index (χ1v) is 6.72. The summed E-state index contributed by atoms with van der Waals surface area (Å²) in [6.45, 7) is 0. The highest BCUT2D eigenvalue weighted by Gasteiger charge is 2.02. The van der Waals surface area contributed by atoms with Crippen molar-refractivity contribution in [3.63, 3.8) is 0 Å². The van der Waals surface area contributed by atoms with Crippen LogP contribution in [0.4, 0.5) is 0 Å². The molecular weight excluding hydrogens is 294 g/mol. The summed E-state index contributed by atoms with van der Waals surface area (Å²) in [7, 11) is 0. The molecule has 0 aliphatic rings. The van der Waals surface area contributed by atoms with Gasteiger partial charge in [0, 0.05) is 16.3 Å². The topological polar surface area (TPSA) is 12.9 Å². The van der Waals surface area contributed by atoms with Crippen LogP contribution >= 0.6 is 38.9 Å². The van der Waals surface area contributed by atoms with E-state index in [9.17, 15) is 0 Å². The fourth-order valence-corrected chi connectivity index (χ4v) is 2.82. The Morgan fingerprint density at radius 3 is 2.93 bits per heavy atom. The van der Waals surface area contributed by atoms with E-state index in [-0.39, 0.29) is 0 Å². The summed E-state index contributed by atoms with van der Waals surface area (Å²) in [6.07, 6.45) is 0.876. The second-order valence-electron chi connectivity index (χ2n) is 3.17. The molecule has 0 radical (unpaired) electrons. The van der Waals surface area contributed by atoms with Crippen molar-refractivity contribution >= 4 is 38.9 Å². The Morgan fingerprint density at radius 2 is 2.27 bits per heavy atom. The van der Waals surface area contributed by atoms with E-state index in [4.69, 9.17) is 11.6 Å². The number of nitrogens with zero attached hydrogens (tertiary/aromatic N) is 1. The number of thiazole rings is 1. The minimum absolute atomic E-state index is 0.495. The van der Waals surface area contributed by atoms with Crippen LogP contribution in [-0.2, 0) is 12.3 Å². The summed E-state index contributed by atoms with van der Waals surface area (Å²) in [5.41, 5.74) is 2.23. The van der Waals surface area contributed by atoms with Crippen molar-refractivity contribution in [3.05, 3.63) is 50.4 Å². The highest BCUT2D eigenvalue weighted by atomic mass is 79.9. The molecule has 0 saturated heterocycles. The summed E-state index contributed by atoms with van der Waals surface area (Å²) in [5, 5.41) is 3.13. The normalized spacial score (nSPS) is 10.5. The third-order valence-electron chi connectivity index (χ3n) is 1.98. The van der Waals surface area contributed by atoms with Crippen LogP contribution in [0, 0.1) is 0 Å². The zero-order chi connectivity index (χ0) is 10.7. The van der Waals surface area contributed by atoms with Crippen LogP contribution in [0.5, 0.6) is 0 Å². The van der Waals surface area contributed by atoms with Gasteiger partial charge in [0.15, 0.2) is 0 Å². The summed E-state index contributed by atoms with van der Waals surface area (Å²) in [4.78, 5) is 4.42. The average molecular weight is 303 g/mol. The van der Waals surface area contributed by atoms with Crippen molar-refractivity contribution in [1.82, 2.24) is 4.98 Å². The maximum absolute atomic E-state index is 5.71. The smallest absolute Gasteiger partial charge is 0.0972 e. The predicted molar refractivity (Wildman–Crippen MR) is 68.6 cm³/mol. The van der Waals surface area contributed by atoms with Crippen LogP contribution < -0.4 is 0 Å². The van der Waals surface area contributed by atoms with Crippen LogP contribution in [0.1, 0.15) is 16.3 Å². The Hall–Kier alpha value is -0.380. The quantitative estimate of drug-likeness (QED) is 0.773. The van der Waals surface area contributed by atoms with Gasteiger partial charge in [0.05, 0.1) is 16.6 Å². The SMILES string of the molecule is ClCc1csc(Cc2cccc(Br)c2)n1. The van der Waals surface area contributed by atoms with Gasteiger partial charge in [-0.1, -0.05) is 28.1 Å². The molecule has 0 fully saturated rings. The summed E-state index contributed by atoms with van der Waals surface area (Å²) in [6, 6.07) is 8.28. The lowest BCUT2D eigenvalue weighted by Crippen LogP contribution is -1.87. The molecule has 0 bridgehead atoms. The molecule has 0 aliphatic carbocycles. The van der Waals surface area contributed by atoms with E-state index < -0.39 is 0 Å². The van der Waals surface area contributed by atoms with Gasteiger partial charge in [-0.25, -0.2) is 4.98 Å². The lowest BCUT2D eigenvalue weighted by molar-refractivity contribution is 1.09. The summed E-state index contributed by atoms with van der Waals surface area (Å²) < 4.78 is 1.11. The Balaban J connectivity index is 2.14. The minimum Gasteiger partial charge on any atom is -0.245 e. The lowest BCUT2D eigenvalue weighted by atomic mass is 10.2. The van der Waals surface area contributed by atoms with Crippen LogP contribution in [0.3, 0.4) is 0 Å². The zero-order valence-corrected chi connectivity index (χ0v) is 11.1. The maximum atomic E-state index is 5.71. The standard InChI is InChI=1S/C11H9BrClNS/c12-9-3-1-2-8(4-9)5-11-14-10(6-13)7-15-11/h1-4,7H,5-6H2. The molecule has 0 aliphatic heterocycles. The van der Waals surface area contributed by atoms with Crippen molar-refractivity contribution < 1.29 is 0 Å². The van der Waals surface area contributed by atoms with E-state index in [1.807, 2.05) is 17.5 Å². The van der Waals surface area contributed by atoms with Gasteiger partial charge in [0.25, 0.3) is 0 Å². The van der Waals surface area contributed by atoms with Gasteiger partial charge >= 0.3 is 0 Å². The van der Waals surface area contributed by atoms with Crippen LogP contribution in [0.2, 0.25) is 0 Å². The van der Waals surface area contributed by atoms with Gasteiger partial charge in [-0.15, -0.1) is 22.9 Å². The van der Waals surface area contributed by atoms with Gasteiger partial charge in [0.1, 0.15) is 0 Å². The van der Waals surface area contributed by atoms with Crippen molar-refractivity contribution in [2.75, 3.05) is 0 Å². The highest BCUT2D eigenvalue weighted by molar-refractivity contribution is 9.10. The number of benzene rings is 1. The van der Waals surface area contributed by atoms with Gasteiger partial charge in [-0.05, 0) is 17.7 Å². The van der Waals surface area contributed by atoms with Crippen LogP contribution in [0.15, 0.2) is 34.1 Å². The van der Waals surface area contributed by atoms with Gasteiger partial charge in [0.2, 0.25) is 0 Å². The summed E-state index contributed by atoms with van der Waals surface area (Å²) >= 11 is 10.8. The molecule has 0 amide bonds. The van der Waals surface area contributed by atoms with Crippen molar-refractivity contribution in [2.45, 2.75) is 12.3 Å². The molecular formula is C11H9BrClNS. The molecule has 2 rings (SSSR count). The van der Waals surface area contributed by atoms with Gasteiger partial charge in [-0.3, -0.25) is 0 Å². The lowest BCUT2D eigenvalue weighted by Gasteiger charge is -1.98. The zero-order valence-electron chi connectivity index (χ0n) is 7.91. The monoisotopic (exact) mass is 301 g/mol. The van der Waals surface area contributed by atoms with Crippen molar-refractivity contribution in [2.24, 2.45) is 0 Å². The number of alkyl halides is 1. The highest BCUT2D eigenvalue weighted by Crippen LogP contribution is 2.18. The Bertz CT molecular complexity index is 455. The van der Waals surface area contributed by atoms with Crippen molar-refractivity contribution in [1.29, 1.82) is 0 Å². The number of rotatable bonds is 3. The van der Waals surface area contributed by atoms with E-state index in [0.717, 1.165) is 21.6 Å². The van der Waals surface area contributed by atoms with E-state index in [1.54, 1.807) is 11.3 Å². The number of hydrogen-bond acceptors (Lipinski definition) is 2. The first-order chi connectivity index (χ1) is 7.28. The van der Waals surface area contributed by atoms with Gasteiger partial charge < -0.3 is 0 Å². The maximum Gasteiger partial charge on any atom is 0.0972 e. The molecule has 1 aromatic carbocycles. The second-order valence-corrected chi connectivity index (χ2v) is 5.30. The van der Waals surface area contributed by atoms with Crippen LogP contribution in [0.25, 0.3) is 0 Å². The molecule has 0 saturated carbocycles. The molecule has 0 spiro atoms. The van der Waals surface area contributed by atoms with E-state index in [2.05, 4.69) is 33.0 Å². The van der Waals surface area contributed by atoms with E-state index in [1.165, 1.54) is 5.56 Å². The Morgan fingerprint density at radius 1 is 1.40 bits per heavy atom. The molecule has 1 nitrogen and oxygen atoms in total. The molecule has 78 valence electrons. The van der Waals surface area contributed by atoms with E-state index in [0.29, 0.717) is 5.88 Å². The largest absolute Gasteiger partial charge is 0.245 e. The van der Waals surface area contributed by atoms with Crippen LogP contribution in [-0.4, -0.2) is 4.98 Å². The van der Waals surface area contributed by atoms with E-state index >= 15 is 0 Å². The van der Waals surface area contributed by atoms with Crippen molar-refractivity contribution in [3.8, 4) is 0 Å². The minimum atomic E-state index is 0.495.